The zero-order chi connectivity index (χ0) is 13.0. The van der Waals surface area contributed by atoms with Gasteiger partial charge in [-0.05, 0) is 43.0 Å². The van der Waals surface area contributed by atoms with Crippen LogP contribution < -0.4 is 10.6 Å². The maximum absolute atomic E-state index is 12.0. The number of hydrogen-bond acceptors (Lipinski definition) is 2. The molecule has 1 saturated heterocycles. The summed E-state index contributed by atoms with van der Waals surface area (Å²) in [6.07, 6.45) is 2.35. The fourth-order valence-corrected chi connectivity index (χ4v) is 2.69. The van der Waals surface area contributed by atoms with Crippen molar-refractivity contribution in [1.82, 2.24) is 10.6 Å². The number of carbonyl (C=O) groups excluding carboxylic acids is 1. The summed E-state index contributed by atoms with van der Waals surface area (Å²) >= 11 is 3.38. The van der Waals surface area contributed by atoms with Crippen LogP contribution in [0.4, 0.5) is 0 Å². The molecule has 3 nitrogen and oxygen atoms in total. The van der Waals surface area contributed by atoms with Crippen molar-refractivity contribution in [1.29, 1.82) is 0 Å². The molecular weight excluding hydrogens is 328 g/mol. The van der Waals surface area contributed by atoms with E-state index in [-0.39, 0.29) is 23.7 Å². The van der Waals surface area contributed by atoms with E-state index < -0.39 is 0 Å². The van der Waals surface area contributed by atoms with Gasteiger partial charge in [0.05, 0.1) is 0 Å². The van der Waals surface area contributed by atoms with Crippen molar-refractivity contribution in [2.75, 3.05) is 19.6 Å². The fraction of sp³-hybridized carbons (Fsp3) is 0.500. The highest BCUT2D eigenvalue weighted by molar-refractivity contribution is 9.10. The van der Waals surface area contributed by atoms with E-state index in [1.807, 2.05) is 24.3 Å². The molecule has 1 aliphatic rings. The summed E-state index contributed by atoms with van der Waals surface area (Å²) in [6, 6.07) is 7.48. The highest BCUT2D eigenvalue weighted by atomic mass is 79.9. The first kappa shape index (κ1) is 16.5. The molecule has 106 valence electrons. The Morgan fingerprint density at radius 1 is 1.53 bits per heavy atom. The van der Waals surface area contributed by atoms with Crippen LogP contribution in [0, 0.1) is 5.41 Å². The van der Waals surface area contributed by atoms with Gasteiger partial charge in [-0.1, -0.05) is 28.9 Å². The Hall–Kier alpha value is -0.580. The summed E-state index contributed by atoms with van der Waals surface area (Å²) in [4.78, 5) is 12.0. The van der Waals surface area contributed by atoms with Crippen LogP contribution in [0.1, 0.15) is 30.1 Å². The number of rotatable bonds is 3. The van der Waals surface area contributed by atoms with Gasteiger partial charge in [0.25, 0.3) is 5.91 Å². The molecule has 1 aromatic rings. The van der Waals surface area contributed by atoms with Gasteiger partial charge in [0.15, 0.2) is 0 Å². The maximum Gasteiger partial charge on any atom is 0.251 e. The molecule has 0 aliphatic carbocycles. The second-order valence-corrected chi connectivity index (χ2v) is 6.20. The lowest BCUT2D eigenvalue weighted by Gasteiger charge is -2.34. The molecule has 0 radical (unpaired) electrons. The second kappa shape index (κ2) is 7.27. The molecule has 2 rings (SSSR count). The molecule has 1 unspecified atom stereocenters. The van der Waals surface area contributed by atoms with Crippen LogP contribution in [-0.2, 0) is 0 Å². The van der Waals surface area contributed by atoms with Crippen molar-refractivity contribution in [3.63, 3.8) is 0 Å². The normalized spacial score (nSPS) is 22.4. The minimum Gasteiger partial charge on any atom is -0.351 e. The van der Waals surface area contributed by atoms with Crippen LogP contribution in [0.25, 0.3) is 0 Å². The third kappa shape index (κ3) is 4.79. The zero-order valence-corrected chi connectivity index (χ0v) is 13.4. The minimum atomic E-state index is 0. The Labute approximate surface area is 129 Å². The molecule has 0 spiro atoms. The Balaban J connectivity index is 0.00000180. The molecule has 0 aromatic heterocycles. The van der Waals surface area contributed by atoms with Crippen LogP contribution in [0.3, 0.4) is 0 Å². The van der Waals surface area contributed by atoms with E-state index >= 15 is 0 Å². The van der Waals surface area contributed by atoms with Gasteiger partial charge in [-0.25, -0.2) is 0 Å². The SMILES string of the molecule is CC1(CNC(=O)c2cccc(Br)c2)CCCNC1.Cl. The number of piperidine rings is 1. The minimum absolute atomic E-state index is 0. The summed E-state index contributed by atoms with van der Waals surface area (Å²) < 4.78 is 0.931. The van der Waals surface area contributed by atoms with Gasteiger partial charge >= 0.3 is 0 Å². The maximum atomic E-state index is 12.0. The van der Waals surface area contributed by atoms with Gasteiger partial charge in [-0.3, -0.25) is 4.79 Å². The first-order valence-electron chi connectivity index (χ1n) is 6.34. The van der Waals surface area contributed by atoms with Crippen LogP contribution in [0.15, 0.2) is 28.7 Å². The Kier molecular flexibility index (Phi) is 6.30. The molecule has 0 saturated carbocycles. The van der Waals surface area contributed by atoms with Gasteiger partial charge in [0.1, 0.15) is 0 Å². The van der Waals surface area contributed by atoms with E-state index in [4.69, 9.17) is 0 Å². The molecule has 0 bridgehead atoms. The number of carbonyl (C=O) groups is 1. The van der Waals surface area contributed by atoms with E-state index in [2.05, 4.69) is 33.5 Å². The smallest absolute Gasteiger partial charge is 0.251 e. The highest BCUT2D eigenvalue weighted by Gasteiger charge is 2.27. The average Bonchev–Trinajstić information content (AvgIpc) is 2.37. The van der Waals surface area contributed by atoms with E-state index in [0.29, 0.717) is 5.56 Å². The predicted octanol–water partition coefficient (Wildman–Crippen LogP) is 2.99. The standard InChI is InChI=1S/C14H19BrN2O.ClH/c1-14(6-3-7-16-9-14)10-17-13(18)11-4-2-5-12(15)8-11;/h2,4-5,8,16H,3,6-7,9-10H2,1H3,(H,17,18);1H. The van der Waals surface area contributed by atoms with Crippen molar-refractivity contribution in [3.05, 3.63) is 34.3 Å². The Bertz CT molecular complexity index is 433. The molecule has 1 atom stereocenters. The summed E-state index contributed by atoms with van der Waals surface area (Å²) in [7, 11) is 0. The predicted molar refractivity (Wildman–Crippen MR) is 83.9 cm³/mol. The molecule has 1 amide bonds. The number of halogens is 2. The van der Waals surface area contributed by atoms with Crippen LogP contribution in [-0.4, -0.2) is 25.5 Å². The van der Waals surface area contributed by atoms with Crippen molar-refractivity contribution in [2.24, 2.45) is 5.41 Å². The van der Waals surface area contributed by atoms with E-state index in [9.17, 15) is 4.79 Å². The monoisotopic (exact) mass is 346 g/mol. The molecular formula is C14H20BrClN2O. The van der Waals surface area contributed by atoms with Crippen molar-refractivity contribution in [2.45, 2.75) is 19.8 Å². The molecule has 1 heterocycles. The molecule has 19 heavy (non-hydrogen) atoms. The number of nitrogens with one attached hydrogen (secondary N) is 2. The van der Waals surface area contributed by atoms with Gasteiger partial charge in [0, 0.05) is 23.1 Å². The van der Waals surface area contributed by atoms with Crippen LogP contribution in [0.5, 0.6) is 0 Å². The highest BCUT2D eigenvalue weighted by Crippen LogP contribution is 2.24. The Morgan fingerprint density at radius 3 is 2.95 bits per heavy atom. The van der Waals surface area contributed by atoms with Crippen molar-refractivity contribution < 1.29 is 4.79 Å². The second-order valence-electron chi connectivity index (χ2n) is 5.28. The lowest BCUT2D eigenvalue weighted by molar-refractivity contribution is 0.0924. The zero-order valence-electron chi connectivity index (χ0n) is 11.0. The number of amides is 1. The summed E-state index contributed by atoms with van der Waals surface area (Å²) in [5.74, 6) is 0.00287. The van der Waals surface area contributed by atoms with Crippen molar-refractivity contribution >= 4 is 34.2 Å². The molecule has 5 heteroatoms. The molecule has 1 aliphatic heterocycles. The first-order valence-corrected chi connectivity index (χ1v) is 7.13. The fourth-order valence-electron chi connectivity index (χ4n) is 2.30. The van der Waals surface area contributed by atoms with Crippen LogP contribution >= 0.6 is 28.3 Å². The largest absolute Gasteiger partial charge is 0.351 e. The van der Waals surface area contributed by atoms with E-state index in [1.54, 1.807) is 0 Å². The summed E-state index contributed by atoms with van der Waals surface area (Å²) in [5.41, 5.74) is 0.886. The molecule has 1 aromatic carbocycles. The van der Waals surface area contributed by atoms with Gasteiger partial charge < -0.3 is 10.6 Å². The van der Waals surface area contributed by atoms with Crippen molar-refractivity contribution in [3.8, 4) is 0 Å². The average molecular weight is 348 g/mol. The quantitative estimate of drug-likeness (QED) is 0.882. The first-order chi connectivity index (χ1) is 8.59. The van der Waals surface area contributed by atoms with Gasteiger partial charge in [0.2, 0.25) is 0 Å². The molecule has 1 fully saturated rings. The summed E-state index contributed by atoms with van der Waals surface area (Å²) in [5, 5.41) is 6.43. The van der Waals surface area contributed by atoms with E-state index in [0.717, 1.165) is 24.1 Å². The topological polar surface area (TPSA) is 41.1 Å². The van der Waals surface area contributed by atoms with Gasteiger partial charge in [-0.15, -0.1) is 12.4 Å². The Morgan fingerprint density at radius 2 is 2.32 bits per heavy atom. The van der Waals surface area contributed by atoms with E-state index in [1.165, 1.54) is 12.8 Å². The number of hydrogen-bond donors (Lipinski definition) is 2. The lowest BCUT2D eigenvalue weighted by atomic mass is 9.83. The van der Waals surface area contributed by atoms with Gasteiger partial charge in [-0.2, -0.15) is 0 Å². The lowest BCUT2D eigenvalue weighted by Crippen LogP contribution is -2.45. The number of benzene rings is 1. The summed E-state index contributed by atoms with van der Waals surface area (Å²) in [6.45, 7) is 5.02. The van der Waals surface area contributed by atoms with Crippen LogP contribution in [0.2, 0.25) is 0 Å². The third-order valence-electron chi connectivity index (χ3n) is 3.45. The molecule has 2 N–H and O–H groups in total. The third-order valence-corrected chi connectivity index (χ3v) is 3.94.